The molecule has 5 nitrogen and oxygen atoms in total. The molecular weight excluding hydrogens is 378 g/mol. The van der Waals surface area contributed by atoms with Crippen LogP contribution >= 0.6 is 0 Å². The van der Waals surface area contributed by atoms with Crippen LogP contribution in [0.4, 0.5) is 0 Å². The van der Waals surface area contributed by atoms with Crippen molar-refractivity contribution in [3.05, 3.63) is 71.8 Å². The highest BCUT2D eigenvalue weighted by Gasteiger charge is 2.45. The molecule has 2 aromatic carbocycles. The molecule has 0 aliphatic rings. The number of carbonyl (C=O) groups is 2. The fourth-order valence-electron chi connectivity index (χ4n) is 3.68. The zero-order valence-electron chi connectivity index (χ0n) is 17.8. The van der Waals surface area contributed by atoms with E-state index in [0.717, 1.165) is 36.8 Å². The Bertz CT molecular complexity index is 750. The largest absolute Gasteiger partial charge is 0.478 e. The number of ether oxygens (including phenoxy) is 1. The molecule has 0 saturated heterocycles. The van der Waals surface area contributed by atoms with Gasteiger partial charge in [-0.3, -0.25) is 4.90 Å². The number of nitrogens with zero attached hydrogens (tertiary/aromatic N) is 1. The molecule has 0 aliphatic carbocycles. The Kier molecular flexibility index (Phi) is 10.3. The van der Waals surface area contributed by atoms with Crippen LogP contribution in [0, 0.1) is 0 Å². The molecule has 0 aliphatic heterocycles. The third-order valence-corrected chi connectivity index (χ3v) is 5.32. The number of aldehydes is 1. The fraction of sp³-hybridized carbons (Fsp3) is 0.440. The zero-order chi connectivity index (χ0) is 21.7. The van der Waals surface area contributed by atoms with Gasteiger partial charge in [-0.2, -0.15) is 0 Å². The van der Waals surface area contributed by atoms with E-state index in [2.05, 4.69) is 6.92 Å². The molecule has 0 spiro atoms. The van der Waals surface area contributed by atoms with Gasteiger partial charge >= 0.3 is 5.97 Å². The van der Waals surface area contributed by atoms with E-state index in [1.165, 1.54) is 0 Å². The number of hydrogen-bond acceptors (Lipinski definition) is 4. The van der Waals surface area contributed by atoms with Crippen molar-refractivity contribution in [3.63, 3.8) is 0 Å². The second-order valence-electron chi connectivity index (χ2n) is 7.51. The lowest BCUT2D eigenvalue weighted by atomic mass is 9.98. The minimum atomic E-state index is -1.58. The SMILES string of the molecule is CCCCCCN(CCc1ccccc1)C(Cc1ccccc1)(OCC=O)C(=O)O. The van der Waals surface area contributed by atoms with Gasteiger partial charge in [-0.15, -0.1) is 0 Å². The van der Waals surface area contributed by atoms with E-state index in [1.54, 1.807) is 0 Å². The van der Waals surface area contributed by atoms with Gasteiger partial charge in [0.15, 0.2) is 0 Å². The molecule has 0 aromatic heterocycles. The predicted molar refractivity (Wildman–Crippen MR) is 118 cm³/mol. The summed E-state index contributed by atoms with van der Waals surface area (Å²) in [4.78, 5) is 25.6. The second kappa shape index (κ2) is 12.9. The molecule has 162 valence electrons. The third-order valence-electron chi connectivity index (χ3n) is 5.32. The quantitative estimate of drug-likeness (QED) is 0.268. The highest BCUT2D eigenvalue weighted by Crippen LogP contribution is 2.25. The van der Waals surface area contributed by atoms with E-state index < -0.39 is 11.7 Å². The Morgan fingerprint density at radius 2 is 1.60 bits per heavy atom. The first-order valence-electron chi connectivity index (χ1n) is 10.8. The van der Waals surface area contributed by atoms with E-state index in [9.17, 15) is 14.7 Å². The van der Waals surface area contributed by atoms with Gasteiger partial charge in [0.05, 0.1) is 0 Å². The Morgan fingerprint density at radius 3 is 2.17 bits per heavy atom. The molecule has 0 fully saturated rings. The van der Waals surface area contributed by atoms with Crippen LogP contribution in [0.2, 0.25) is 0 Å². The lowest BCUT2D eigenvalue weighted by Crippen LogP contribution is -2.59. The summed E-state index contributed by atoms with van der Waals surface area (Å²) in [5.41, 5.74) is 0.429. The molecule has 30 heavy (non-hydrogen) atoms. The monoisotopic (exact) mass is 411 g/mol. The molecule has 0 amide bonds. The van der Waals surface area contributed by atoms with E-state index in [1.807, 2.05) is 65.6 Å². The maximum absolute atomic E-state index is 12.6. The number of carbonyl (C=O) groups excluding carboxylic acids is 1. The van der Waals surface area contributed by atoms with Crippen LogP contribution in [0.25, 0.3) is 0 Å². The molecular formula is C25H33NO4. The molecule has 1 N–H and O–H groups in total. The van der Waals surface area contributed by atoms with Crippen LogP contribution in [0.1, 0.15) is 43.7 Å². The maximum atomic E-state index is 12.6. The number of hydrogen-bond donors (Lipinski definition) is 1. The molecule has 2 aromatic rings. The van der Waals surface area contributed by atoms with Crippen LogP contribution in [0.3, 0.4) is 0 Å². The number of rotatable bonds is 15. The predicted octanol–water partition coefficient (Wildman–Crippen LogP) is 4.35. The summed E-state index contributed by atoms with van der Waals surface area (Å²) in [5.74, 6) is -1.06. The molecule has 0 saturated carbocycles. The van der Waals surface area contributed by atoms with Crippen LogP contribution < -0.4 is 0 Å². The zero-order valence-corrected chi connectivity index (χ0v) is 17.8. The minimum absolute atomic E-state index is 0.180. The highest BCUT2D eigenvalue weighted by atomic mass is 16.5. The molecule has 0 bridgehead atoms. The van der Waals surface area contributed by atoms with E-state index in [4.69, 9.17) is 4.74 Å². The molecule has 1 atom stereocenters. The number of carboxylic acid groups (broad SMARTS) is 1. The van der Waals surface area contributed by atoms with Gasteiger partial charge in [0, 0.05) is 19.5 Å². The van der Waals surface area contributed by atoms with Crippen LogP contribution in [0.5, 0.6) is 0 Å². The lowest BCUT2D eigenvalue weighted by molar-refractivity contribution is -0.197. The summed E-state index contributed by atoms with van der Waals surface area (Å²) >= 11 is 0. The van der Waals surface area contributed by atoms with Crippen molar-refractivity contribution < 1.29 is 19.4 Å². The highest BCUT2D eigenvalue weighted by molar-refractivity contribution is 5.77. The maximum Gasteiger partial charge on any atom is 0.352 e. The second-order valence-corrected chi connectivity index (χ2v) is 7.51. The number of benzene rings is 2. The first kappa shape index (κ1) is 23.8. The van der Waals surface area contributed by atoms with Crippen molar-refractivity contribution in [2.45, 2.75) is 51.2 Å². The number of aliphatic carboxylic acids is 1. The van der Waals surface area contributed by atoms with E-state index >= 15 is 0 Å². The summed E-state index contributed by atoms with van der Waals surface area (Å²) < 4.78 is 5.81. The van der Waals surface area contributed by atoms with Crippen LogP contribution in [-0.4, -0.2) is 47.7 Å². The first-order chi connectivity index (χ1) is 14.6. The van der Waals surface area contributed by atoms with Gasteiger partial charge in [-0.25, -0.2) is 4.79 Å². The summed E-state index contributed by atoms with van der Waals surface area (Å²) in [7, 11) is 0. The van der Waals surface area contributed by atoms with Gasteiger partial charge in [0.2, 0.25) is 5.72 Å². The Balaban J connectivity index is 2.31. The van der Waals surface area contributed by atoms with Crippen LogP contribution in [0.15, 0.2) is 60.7 Å². The standard InChI is InChI=1S/C25H33NO4/c1-2-3-4-11-17-26(18-16-22-12-7-5-8-13-22)25(24(28)29,30-20-19-27)21-23-14-9-6-10-15-23/h5-10,12-15,19H,2-4,11,16-18,20-21H2,1H3,(H,28,29). The topological polar surface area (TPSA) is 66.8 Å². The summed E-state index contributed by atoms with van der Waals surface area (Å²) in [6.07, 6.45) is 5.65. The van der Waals surface area contributed by atoms with Gasteiger partial charge in [-0.05, 0) is 24.0 Å². The van der Waals surface area contributed by atoms with Crippen molar-refractivity contribution in [3.8, 4) is 0 Å². The summed E-state index contributed by atoms with van der Waals surface area (Å²) in [6, 6.07) is 19.5. The van der Waals surface area contributed by atoms with Gasteiger partial charge in [0.25, 0.3) is 0 Å². The average molecular weight is 412 g/mol. The third kappa shape index (κ3) is 7.08. The fourth-order valence-corrected chi connectivity index (χ4v) is 3.68. The Hall–Kier alpha value is -2.50. The van der Waals surface area contributed by atoms with Crippen molar-refractivity contribution in [1.29, 1.82) is 0 Å². The lowest BCUT2D eigenvalue weighted by Gasteiger charge is -2.40. The smallest absolute Gasteiger partial charge is 0.352 e. The number of unbranched alkanes of at least 4 members (excludes halogenated alkanes) is 3. The normalized spacial score (nSPS) is 13.1. The van der Waals surface area contributed by atoms with Gasteiger partial charge < -0.3 is 14.6 Å². The molecule has 1 unspecified atom stereocenters. The van der Waals surface area contributed by atoms with Crippen molar-refractivity contribution >= 4 is 12.3 Å². The van der Waals surface area contributed by atoms with Crippen molar-refractivity contribution in [2.24, 2.45) is 0 Å². The van der Waals surface area contributed by atoms with E-state index in [-0.39, 0.29) is 13.0 Å². The Labute approximate surface area is 179 Å². The van der Waals surface area contributed by atoms with Gasteiger partial charge in [-0.1, -0.05) is 86.8 Å². The average Bonchev–Trinajstić information content (AvgIpc) is 2.77. The minimum Gasteiger partial charge on any atom is -0.478 e. The molecule has 5 heteroatoms. The first-order valence-corrected chi connectivity index (χ1v) is 10.8. The molecule has 0 radical (unpaired) electrons. The number of carboxylic acids is 1. The summed E-state index contributed by atoms with van der Waals surface area (Å²) in [6.45, 7) is 3.03. The van der Waals surface area contributed by atoms with Crippen molar-refractivity contribution in [2.75, 3.05) is 19.7 Å². The molecule has 0 heterocycles. The molecule has 2 rings (SSSR count). The van der Waals surface area contributed by atoms with Crippen molar-refractivity contribution in [1.82, 2.24) is 4.90 Å². The van der Waals surface area contributed by atoms with E-state index in [0.29, 0.717) is 25.8 Å². The Morgan fingerprint density at radius 1 is 0.967 bits per heavy atom. The summed E-state index contributed by atoms with van der Waals surface area (Å²) in [5, 5.41) is 10.3. The van der Waals surface area contributed by atoms with Crippen LogP contribution in [-0.2, 0) is 27.2 Å². The van der Waals surface area contributed by atoms with Gasteiger partial charge in [0.1, 0.15) is 12.9 Å².